The molecule has 1 atom stereocenters. The zero-order chi connectivity index (χ0) is 26.8. The van der Waals surface area contributed by atoms with Gasteiger partial charge < -0.3 is 20.9 Å². The number of benzene rings is 3. The molecule has 3 aromatic carbocycles. The molecule has 3 amide bonds. The van der Waals surface area contributed by atoms with Crippen molar-refractivity contribution in [3.05, 3.63) is 94.2 Å². The summed E-state index contributed by atoms with van der Waals surface area (Å²) in [5.74, 6) is -0.818. The molecule has 7 nitrogen and oxygen atoms in total. The summed E-state index contributed by atoms with van der Waals surface area (Å²) in [5.41, 5.74) is 1.74. The summed E-state index contributed by atoms with van der Waals surface area (Å²) < 4.78 is 15.5. The van der Waals surface area contributed by atoms with Gasteiger partial charge in [-0.15, -0.1) is 0 Å². The van der Waals surface area contributed by atoms with Gasteiger partial charge in [0.25, 0.3) is 5.91 Å². The predicted octanol–water partition coefficient (Wildman–Crippen LogP) is 6.54. The molecule has 0 aliphatic rings. The summed E-state index contributed by atoms with van der Waals surface area (Å²) in [6, 6.07) is 17.7. The van der Waals surface area contributed by atoms with Crippen LogP contribution in [-0.2, 0) is 4.79 Å². The van der Waals surface area contributed by atoms with E-state index < -0.39 is 23.8 Å². The number of carbonyl (C=O) groups is 2. The maximum Gasteiger partial charge on any atom is 0.320 e. The van der Waals surface area contributed by atoms with E-state index in [1.54, 1.807) is 54.6 Å². The van der Waals surface area contributed by atoms with Gasteiger partial charge >= 0.3 is 6.03 Å². The van der Waals surface area contributed by atoms with Gasteiger partial charge in [-0.3, -0.25) is 10.2 Å². The molecule has 0 bridgehead atoms. The Balaban J connectivity index is 1.71. The summed E-state index contributed by atoms with van der Waals surface area (Å²) in [7, 11) is 1.89. The first-order valence-electron chi connectivity index (χ1n) is 12.1. The normalized spacial score (nSPS) is 11.4. The van der Waals surface area contributed by atoms with Crippen LogP contribution in [0, 0.1) is 11.2 Å². The van der Waals surface area contributed by atoms with Crippen LogP contribution in [-0.4, -0.2) is 36.3 Å². The minimum absolute atomic E-state index is 0.0399. The number of nitrogens with zero attached hydrogens (tertiary/aromatic N) is 1. The van der Waals surface area contributed by atoms with Crippen molar-refractivity contribution in [1.82, 2.24) is 10.2 Å². The second-order valence-electron chi connectivity index (χ2n) is 8.60. The number of nitrogens with one attached hydrogen (secondary N) is 4. The SMILES string of the molecule is CCCCCN(C)C(=N)c1ccc(NC(=O)C(NC(=O)Nc2ccc(Br)cc2)c2ccccc2F)cc1. The van der Waals surface area contributed by atoms with E-state index in [-0.39, 0.29) is 5.56 Å². The summed E-state index contributed by atoms with van der Waals surface area (Å²) in [6.45, 7) is 2.93. The molecule has 0 heterocycles. The van der Waals surface area contributed by atoms with Crippen molar-refractivity contribution in [1.29, 1.82) is 5.41 Å². The lowest BCUT2D eigenvalue weighted by Crippen LogP contribution is -2.39. The Morgan fingerprint density at radius 1 is 0.946 bits per heavy atom. The van der Waals surface area contributed by atoms with Gasteiger partial charge in [-0.25, -0.2) is 9.18 Å². The standard InChI is InChI=1S/C28H31BrFN5O2/c1-3-4-7-18-35(2)26(31)19-10-14-21(15-11-19)32-27(36)25(23-8-5-6-9-24(23)30)34-28(37)33-22-16-12-20(29)13-17-22/h5-6,8-17,25,31H,3-4,7,18H2,1-2H3,(H,32,36)(H2,33,34,37). The van der Waals surface area contributed by atoms with Crippen molar-refractivity contribution in [3.8, 4) is 0 Å². The van der Waals surface area contributed by atoms with Crippen molar-refractivity contribution in [3.63, 3.8) is 0 Å². The molecule has 4 N–H and O–H groups in total. The quantitative estimate of drug-likeness (QED) is 0.127. The van der Waals surface area contributed by atoms with Crippen LogP contribution in [0.15, 0.2) is 77.3 Å². The first-order chi connectivity index (χ1) is 17.8. The van der Waals surface area contributed by atoms with Gasteiger partial charge in [0, 0.05) is 40.6 Å². The lowest BCUT2D eigenvalue weighted by molar-refractivity contribution is -0.118. The molecule has 0 aliphatic carbocycles. The first-order valence-corrected chi connectivity index (χ1v) is 12.9. The highest BCUT2D eigenvalue weighted by Gasteiger charge is 2.26. The van der Waals surface area contributed by atoms with Crippen LogP contribution in [0.1, 0.15) is 43.4 Å². The number of hydrogen-bond acceptors (Lipinski definition) is 3. The molecule has 3 aromatic rings. The Bertz CT molecular complexity index is 1220. The Morgan fingerprint density at radius 3 is 2.22 bits per heavy atom. The fourth-order valence-electron chi connectivity index (χ4n) is 3.68. The largest absolute Gasteiger partial charge is 0.360 e. The van der Waals surface area contributed by atoms with Crippen molar-refractivity contribution in [2.45, 2.75) is 32.2 Å². The molecule has 0 saturated heterocycles. The summed E-state index contributed by atoms with van der Waals surface area (Å²) >= 11 is 3.34. The van der Waals surface area contributed by atoms with Gasteiger partial charge in [-0.2, -0.15) is 0 Å². The molecular formula is C28H31BrFN5O2. The molecule has 3 rings (SSSR count). The molecule has 0 aliphatic heterocycles. The highest BCUT2D eigenvalue weighted by atomic mass is 79.9. The van der Waals surface area contributed by atoms with Gasteiger partial charge in [-0.05, 0) is 61.0 Å². The average molecular weight is 568 g/mol. The Kier molecular flexibility index (Phi) is 10.2. The van der Waals surface area contributed by atoms with Gasteiger partial charge in [0.2, 0.25) is 0 Å². The minimum Gasteiger partial charge on any atom is -0.360 e. The molecular weight excluding hydrogens is 537 g/mol. The van der Waals surface area contributed by atoms with Gasteiger partial charge in [-0.1, -0.05) is 53.9 Å². The van der Waals surface area contributed by atoms with Gasteiger partial charge in [0.05, 0.1) is 0 Å². The van der Waals surface area contributed by atoms with Crippen LogP contribution < -0.4 is 16.0 Å². The topological polar surface area (TPSA) is 97.3 Å². The molecule has 0 fully saturated rings. The van der Waals surface area contributed by atoms with Crippen LogP contribution in [0.2, 0.25) is 0 Å². The number of amidine groups is 1. The number of rotatable bonds is 10. The Labute approximate surface area is 225 Å². The maximum absolute atomic E-state index is 14.6. The van der Waals surface area contributed by atoms with Crippen molar-refractivity contribution < 1.29 is 14.0 Å². The molecule has 0 spiro atoms. The van der Waals surface area contributed by atoms with Gasteiger partial charge in [0.15, 0.2) is 0 Å². The zero-order valence-electron chi connectivity index (χ0n) is 20.9. The maximum atomic E-state index is 14.6. The van der Waals surface area contributed by atoms with Crippen molar-refractivity contribution >= 4 is 45.1 Å². The number of unbranched alkanes of at least 4 members (excludes halogenated alkanes) is 2. The molecule has 0 saturated carbocycles. The van der Waals surface area contributed by atoms with E-state index in [0.717, 1.165) is 35.8 Å². The number of urea groups is 1. The van der Waals surface area contributed by atoms with Crippen LogP contribution in [0.5, 0.6) is 0 Å². The highest BCUT2D eigenvalue weighted by molar-refractivity contribution is 9.10. The van der Waals surface area contributed by atoms with Gasteiger partial charge in [0.1, 0.15) is 17.7 Å². The lowest BCUT2D eigenvalue weighted by atomic mass is 10.1. The fourth-order valence-corrected chi connectivity index (χ4v) is 3.95. The van der Waals surface area contributed by atoms with Crippen LogP contribution in [0.4, 0.5) is 20.6 Å². The summed E-state index contributed by atoms with van der Waals surface area (Å²) in [5, 5.41) is 16.4. The number of amides is 3. The molecule has 37 heavy (non-hydrogen) atoms. The van der Waals surface area contributed by atoms with E-state index in [1.165, 1.54) is 18.2 Å². The smallest absolute Gasteiger partial charge is 0.320 e. The third kappa shape index (κ3) is 8.15. The first kappa shape index (κ1) is 27.9. The highest BCUT2D eigenvalue weighted by Crippen LogP contribution is 2.21. The molecule has 0 radical (unpaired) electrons. The van der Waals surface area contributed by atoms with E-state index in [0.29, 0.717) is 17.2 Å². The summed E-state index contributed by atoms with van der Waals surface area (Å²) in [4.78, 5) is 27.8. The monoisotopic (exact) mass is 567 g/mol. The van der Waals surface area contributed by atoms with Crippen LogP contribution in [0.25, 0.3) is 0 Å². The Morgan fingerprint density at radius 2 is 1.57 bits per heavy atom. The van der Waals surface area contributed by atoms with E-state index in [2.05, 4.69) is 38.8 Å². The van der Waals surface area contributed by atoms with E-state index >= 15 is 0 Å². The third-order valence-corrected chi connectivity index (χ3v) is 6.29. The molecule has 194 valence electrons. The summed E-state index contributed by atoms with van der Waals surface area (Å²) in [6.07, 6.45) is 3.24. The Hall–Kier alpha value is -3.72. The third-order valence-electron chi connectivity index (χ3n) is 5.76. The lowest BCUT2D eigenvalue weighted by Gasteiger charge is -2.21. The second-order valence-corrected chi connectivity index (χ2v) is 9.52. The molecule has 9 heteroatoms. The molecule has 0 aromatic heterocycles. The van der Waals surface area contributed by atoms with Crippen LogP contribution in [0.3, 0.4) is 0 Å². The van der Waals surface area contributed by atoms with E-state index in [1.807, 2.05) is 11.9 Å². The number of halogens is 2. The van der Waals surface area contributed by atoms with Crippen molar-refractivity contribution in [2.75, 3.05) is 24.2 Å². The second kappa shape index (κ2) is 13.5. The number of carbonyl (C=O) groups excluding carboxylic acids is 2. The van der Waals surface area contributed by atoms with Crippen LogP contribution >= 0.6 is 15.9 Å². The van der Waals surface area contributed by atoms with E-state index in [4.69, 9.17) is 5.41 Å². The van der Waals surface area contributed by atoms with E-state index in [9.17, 15) is 14.0 Å². The molecule has 1 unspecified atom stereocenters. The average Bonchev–Trinajstić information content (AvgIpc) is 2.89. The zero-order valence-corrected chi connectivity index (χ0v) is 22.4. The predicted molar refractivity (Wildman–Crippen MR) is 149 cm³/mol. The number of anilines is 2. The fraction of sp³-hybridized carbons (Fsp3) is 0.250. The number of hydrogen-bond donors (Lipinski definition) is 4. The minimum atomic E-state index is -1.28. The van der Waals surface area contributed by atoms with Crippen molar-refractivity contribution in [2.24, 2.45) is 0 Å².